The van der Waals surface area contributed by atoms with Gasteiger partial charge in [-0.05, 0) is 48.5 Å². The SMILES string of the molecule is O=C(Nc1ccc(N(CCCl)CCCl)cc1)Nc1cc(-c2ccccc2F)nc2ccccc12. The van der Waals surface area contributed by atoms with Gasteiger partial charge in [0.2, 0.25) is 0 Å². The molecule has 4 aromatic rings. The van der Waals surface area contributed by atoms with E-state index < -0.39 is 6.03 Å². The maximum absolute atomic E-state index is 14.4. The van der Waals surface area contributed by atoms with Gasteiger partial charge in [-0.15, -0.1) is 23.2 Å². The number of anilines is 3. The second-order valence-corrected chi connectivity index (χ2v) is 8.30. The first-order valence-electron chi connectivity index (χ1n) is 10.8. The standard InChI is InChI=1S/C26H23Cl2FN4O/c27-13-15-33(16-14-28)19-11-9-18(10-12-19)30-26(34)32-25-17-24(20-5-1-3-7-22(20)29)31-23-8-4-2-6-21(23)25/h1-12,17H,13-16H2,(H2,30,31,32,34). The first kappa shape index (κ1) is 23.8. The van der Waals surface area contributed by atoms with Crippen LogP contribution in [0.2, 0.25) is 0 Å². The van der Waals surface area contributed by atoms with Crippen LogP contribution in [0.15, 0.2) is 78.9 Å². The van der Waals surface area contributed by atoms with Crippen LogP contribution in [0.1, 0.15) is 0 Å². The zero-order chi connectivity index (χ0) is 23.9. The molecule has 8 heteroatoms. The Balaban J connectivity index is 1.55. The van der Waals surface area contributed by atoms with E-state index in [0.717, 1.165) is 11.1 Å². The van der Waals surface area contributed by atoms with Gasteiger partial charge in [-0.25, -0.2) is 14.2 Å². The lowest BCUT2D eigenvalue weighted by molar-refractivity contribution is 0.262. The predicted molar refractivity (Wildman–Crippen MR) is 140 cm³/mol. The molecule has 1 heterocycles. The lowest BCUT2D eigenvalue weighted by Gasteiger charge is -2.23. The Morgan fingerprint density at radius 2 is 1.56 bits per heavy atom. The molecule has 174 valence electrons. The highest BCUT2D eigenvalue weighted by atomic mass is 35.5. The minimum atomic E-state index is -0.415. The van der Waals surface area contributed by atoms with Crippen molar-refractivity contribution in [2.45, 2.75) is 0 Å². The number of urea groups is 1. The summed E-state index contributed by atoms with van der Waals surface area (Å²) in [5.74, 6) is 0.611. The van der Waals surface area contributed by atoms with Gasteiger partial charge in [0.15, 0.2) is 0 Å². The second kappa shape index (κ2) is 11.2. The van der Waals surface area contributed by atoms with Crippen LogP contribution in [0, 0.1) is 5.82 Å². The lowest BCUT2D eigenvalue weighted by atomic mass is 10.1. The van der Waals surface area contributed by atoms with Crippen molar-refractivity contribution in [3.63, 3.8) is 0 Å². The lowest BCUT2D eigenvalue weighted by Crippen LogP contribution is -2.27. The highest BCUT2D eigenvalue weighted by Gasteiger charge is 2.13. The van der Waals surface area contributed by atoms with Crippen molar-refractivity contribution >= 4 is 57.2 Å². The molecular formula is C26H23Cl2FN4O. The molecule has 5 nitrogen and oxygen atoms in total. The Morgan fingerprint density at radius 1 is 0.882 bits per heavy atom. The van der Waals surface area contributed by atoms with Crippen LogP contribution in [0.25, 0.3) is 22.2 Å². The van der Waals surface area contributed by atoms with E-state index in [-0.39, 0.29) is 5.82 Å². The molecule has 0 aliphatic heterocycles. The molecule has 0 spiro atoms. The summed E-state index contributed by atoms with van der Waals surface area (Å²) in [6.45, 7) is 1.36. The van der Waals surface area contributed by atoms with E-state index in [4.69, 9.17) is 23.2 Å². The third-order valence-corrected chi connectivity index (χ3v) is 5.65. The normalized spacial score (nSPS) is 10.8. The Morgan fingerprint density at radius 3 is 2.26 bits per heavy atom. The van der Waals surface area contributed by atoms with Gasteiger partial charge in [0.1, 0.15) is 5.82 Å². The molecule has 0 saturated carbocycles. The number of hydrogen-bond acceptors (Lipinski definition) is 3. The van der Waals surface area contributed by atoms with E-state index in [1.54, 1.807) is 24.3 Å². The molecule has 0 atom stereocenters. The first-order valence-corrected chi connectivity index (χ1v) is 11.9. The Kier molecular flexibility index (Phi) is 7.83. The highest BCUT2D eigenvalue weighted by Crippen LogP contribution is 2.30. The van der Waals surface area contributed by atoms with Gasteiger partial charge in [0.05, 0.1) is 16.9 Å². The van der Waals surface area contributed by atoms with Gasteiger partial charge in [0.25, 0.3) is 0 Å². The van der Waals surface area contributed by atoms with Gasteiger partial charge in [0, 0.05) is 47.2 Å². The van der Waals surface area contributed by atoms with Gasteiger partial charge < -0.3 is 15.5 Å². The molecule has 0 bridgehead atoms. The van der Waals surface area contributed by atoms with Crippen molar-refractivity contribution in [1.29, 1.82) is 0 Å². The number of fused-ring (bicyclic) bond motifs is 1. The van der Waals surface area contributed by atoms with Crippen molar-refractivity contribution in [2.75, 3.05) is 40.4 Å². The number of carbonyl (C=O) groups excluding carboxylic acids is 1. The van der Waals surface area contributed by atoms with E-state index >= 15 is 0 Å². The van der Waals surface area contributed by atoms with Gasteiger partial charge >= 0.3 is 6.03 Å². The minimum Gasteiger partial charge on any atom is -0.369 e. The number of alkyl halides is 2. The van der Waals surface area contributed by atoms with Crippen molar-refractivity contribution in [3.05, 3.63) is 84.7 Å². The summed E-state index contributed by atoms with van der Waals surface area (Å²) < 4.78 is 14.4. The summed E-state index contributed by atoms with van der Waals surface area (Å²) in [7, 11) is 0. The number of benzene rings is 3. The highest BCUT2D eigenvalue weighted by molar-refractivity contribution is 6.18. The number of pyridine rings is 1. The molecule has 0 aliphatic rings. The number of hydrogen-bond donors (Lipinski definition) is 2. The van der Waals surface area contributed by atoms with Crippen molar-refractivity contribution in [3.8, 4) is 11.3 Å². The summed E-state index contributed by atoms with van der Waals surface area (Å²) in [5, 5.41) is 6.48. The molecule has 2 amide bonds. The Hall–Kier alpha value is -3.35. The predicted octanol–water partition coefficient (Wildman–Crippen LogP) is 6.97. The average molecular weight is 497 g/mol. The average Bonchev–Trinajstić information content (AvgIpc) is 2.84. The van der Waals surface area contributed by atoms with Crippen LogP contribution in [0.4, 0.5) is 26.2 Å². The number of para-hydroxylation sites is 1. The molecular weight excluding hydrogens is 474 g/mol. The summed E-state index contributed by atoms with van der Waals surface area (Å²) in [6, 6.07) is 22.6. The fourth-order valence-electron chi connectivity index (χ4n) is 3.70. The van der Waals surface area contributed by atoms with E-state index in [1.807, 2.05) is 48.5 Å². The number of nitrogens with zero attached hydrogens (tertiary/aromatic N) is 2. The van der Waals surface area contributed by atoms with Crippen molar-refractivity contribution in [2.24, 2.45) is 0 Å². The molecule has 2 N–H and O–H groups in total. The third-order valence-electron chi connectivity index (χ3n) is 5.31. The summed E-state index contributed by atoms with van der Waals surface area (Å²) >= 11 is 11.8. The molecule has 1 aromatic heterocycles. The van der Waals surface area contributed by atoms with E-state index in [9.17, 15) is 9.18 Å². The fourth-order valence-corrected chi connectivity index (χ4v) is 4.11. The minimum absolute atomic E-state index is 0.366. The smallest absolute Gasteiger partial charge is 0.323 e. The quantitative estimate of drug-likeness (QED) is 0.259. The van der Waals surface area contributed by atoms with Crippen LogP contribution in [0.3, 0.4) is 0 Å². The van der Waals surface area contributed by atoms with Crippen molar-refractivity contribution in [1.82, 2.24) is 4.98 Å². The van der Waals surface area contributed by atoms with Crippen molar-refractivity contribution < 1.29 is 9.18 Å². The van der Waals surface area contributed by atoms with Gasteiger partial charge in [-0.1, -0.05) is 30.3 Å². The van der Waals surface area contributed by atoms with E-state index in [1.165, 1.54) is 6.07 Å². The second-order valence-electron chi connectivity index (χ2n) is 7.54. The Labute approximate surface area is 207 Å². The van der Waals surface area contributed by atoms with Crippen LogP contribution in [-0.2, 0) is 0 Å². The molecule has 34 heavy (non-hydrogen) atoms. The van der Waals surface area contributed by atoms with Gasteiger partial charge in [-0.3, -0.25) is 0 Å². The first-order chi connectivity index (χ1) is 16.6. The van der Waals surface area contributed by atoms with Gasteiger partial charge in [-0.2, -0.15) is 0 Å². The van der Waals surface area contributed by atoms with Crippen LogP contribution >= 0.6 is 23.2 Å². The molecule has 0 aliphatic carbocycles. The summed E-state index contributed by atoms with van der Waals surface area (Å²) in [5.41, 5.74) is 3.60. The number of rotatable bonds is 8. The molecule has 0 radical (unpaired) electrons. The number of amides is 2. The zero-order valence-corrected chi connectivity index (χ0v) is 19.8. The van der Waals surface area contributed by atoms with E-state index in [0.29, 0.717) is 53.0 Å². The number of carbonyl (C=O) groups is 1. The number of nitrogens with one attached hydrogen (secondary N) is 2. The molecule has 0 fully saturated rings. The zero-order valence-electron chi connectivity index (χ0n) is 18.3. The number of aromatic nitrogens is 1. The van der Waals surface area contributed by atoms with E-state index in [2.05, 4.69) is 20.5 Å². The largest absolute Gasteiger partial charge is 0.369 e. The number of halogens is 3. The molecule has 0 unspecified atom stereocenters. The summed E-state index contributed by atoms with van der Waals surface area (Å²) in [4.78, 5) is 19.5. The maximum atomic E-state index is 14.4. The monoisotopic (exact) mass is 496 g/mol. The molecule has 4 rings (SSSR count). The third kappa shape index (κ3) is 5.58. The maximum Gasteiger partial charge on any atom is 0.323 e. The topological polar surface area (TPSA) is 57.3 Å². The fraction of sp³-hybridized carbons (Fsp3) is 0.154. The molecule has 0 saturated heterocycles. The van der Waals surface area contributed by atoms with Crippen LogP contribution in [0.5, 0.6) is 0 Å². The Bertz CT molecular complexity index is 1280. The molecule has 3 aromatic carbocycles. The van der Waals surface area contributed by atoms with Crippen LogP contribution in [-0.4, -0.2) is 35.9 Å². The summed E-state index contributed by atoms with van der Waals surface area (Å²) in [6.07, 6.45) is 0. The van der Waals surface area contributed by atoms with Crippen LogP contribution < -0.4 is 15.5 Å².